The van der Waals surface area contributed by atoms with Gasteiger partial charge in [0, 0.05) is 37.4 Å². The maximum absolute atomic E-state index is 12.2. The number of rotatable bonds is 4. The van der Waals surface area contributed by atoms with Gasteiger partial charge in [0.1, 0.15) is 5.60 Å². The van der Waals surface area contributed by atoms with Crippen molar-refractivity contribution in [1.29, 1.82) is 0 Å². The lowest BCUT2D eigenvalue weighted by atomic mass is 9.68. The molecule has 5 unspecified atom stereocenters. The van der Waals surface area contributed by atoms with Crippen LogP contribution in [-0.4, -0.2) is 46.3 Å². The molecule has 1 saturated heterocycles. The molecule has 25 heavy (non-hydrogen) atoms. The number of hydrogen-bond donors (Lipinski definition) is 2. The first-order valence-corrected chi connectivity index (χ1v) is 9.10. The highest BCUT2D eigenvalue weighted by Crippen LogP contribution is 2.39. The largest absolute Gasteiger partial charge is 0.444 e. The molecular formula is C18H30N4O3. The first-order chi connectivity index (χ1) is 11.7. The zero-order valence-corrected chi connectivity index (χ0v) is 15.8. The summed E-state index contributed by atoms with van der Waals surface area (Å²) < 4.78 is 13.2. The van der Waals surface area contributed by atoms with E-state index in [1.54, 1.807) is 4.68 Å². The van der Waals surface area contributed by atoms with Gasteiger partial charge in [-0.3, -0.25) is 4.68 Å². The minimum atomic E-state index is -0.498. The second-order valence-corrected chi connectivity index (χ2v) is 8.17. The van der Waals surface area contributed by atoms with Crippen molar-refractivity contribution in [1.82, 2.24) is 20.4 Å². The number of ether oxygens (including phenoxy) is 2. The standard InChI is InChI=1S/C18H30N4O3/c1-11(12-9-19-22(5)10-12)20-15-14(13-7-6-8-24-16(13)15)21-17(23)25-18(2,3)4/h9-11,13-16,20H,6-8H2,1-5H3,(H,21,23). The van der Waals surface area contributed by atoms with Crippen molar-refractivity contribution >= 4 is 6.09 Å². The van der Waals surface area contributed by atoms with Gasteiger partial charge < -0.3 is 20.1 Å². The summed E-state index contributed by atoms with van der Waals surface area (Å²) in [4.78, 5) is 12.2. The van der Waals surface area contributed by atoms with Crippen molar-refractivity contribution in [3.05, 3.63) is 18.0 Å². The number of aryl methyl sites for hydroxylation is 1. The van der Waals surface area contributed by atoms with E-state index in [4.69, 9.17) is 9.47 Å². The van der Waals surface area contributed by atoms with Crippen molar-refractivity contribution in [2.45, 2.75) is 70.4 Å². The van der Waals surface area contributed by atoms with Crippen LogP contribution >= 0.6 is 0 Å². The van der Waals surface area contributed by atoms with Crippen LogP contribution < -0.4 is 10.6 Å². The Morgan fingerprint density at radius 2 is 2.20 bits per heavy atom. The number of hydrogen-bond acceptors (Lipinski definition) is 5. The summed E-state index contributed by atoms with van der Waals surface area (Å²) in [5, 5.41) is 10.9. The van der Waals surface area contributed by atoms with Crippen LogP contribution in [0, 0.1) is 5.92 Å². The van der Waals surface area contributed by atoms with Gasteiger partial charge in [-0.15, -0.1) is 0 Å². The zero-order chi connectivity index (χ0) is 18.2. The van der Waals surface area contributed by atoms with Crippen molar-refractivity contribution in [2.24, 2.45) is 13.0 Å². The molecule has 0 radical (unpaired) electrons. The Labute approximate surface area is 149 Å². The van der Waals surface area contributed by atoms with Crippen LogP contribution in [0.25, 0.3) is 0 Å². The first kappa shape index (κ1) is 18.2. The summed E-state index contributed by atoms with van der Waals surface area (Å²) in [6.45, 7) is 8.53. The molecule has 5 atom stereocenters. The Morgan fingerprint density at radius 3 is 2.84 bits per heavy atom. The normalized spacial score (nSPS) is 30.1. The molecule has 7 nitrogen and oxygen atoms in total. The van der Waals surface area contributed by atoms with Crippen molar-refractivity contribution in [2.75, 3.05) is 6.61 Å². The third-order valence-corrected chi connectivity index (χ3v) is 4.97. The van der Waals surface area contributed by atoms with Gasteiger partial charge in [-0.1, -0.05) is 0 Å². The number of nitrogens with one attached hydrogen (secondary N) is 2. The highest BCUT2D eigenvalue weighted by atomic mass is 16.6. The van der Waals surface area contributed by atoms with Crippen molar-refractivity contribution < 1.29 is 14.3 Å². The summed E-state index contributed by atoms with van der Waals surface area (Å²) in [5.41, 5.74) is 0.625. The van der Waals surface area contributed by atoms with Crippen molar-refractivity contribution in [3.8, 4) is 0 Å². The molecule has 1 aliphatic carbocycles. The Kier molecular flexibility index (Phi) is 5.06. The number of nitrogens with zero attached hydrogens (tertiary/aromatic N) is 2. The topological polar surface area (TPSA) is 77.4 Å². The minimum Gasteiger partial charge on any atom is -0.444 e. The summed E-state index contributed by atoms with van der Waals surface area (Å²) in [6, 6.07) is 0.236. The molecule has 0 aromatic carbocycles. The fourth-order valence-corrected chi connectivity index (χ4v) is 3.79. The number of fused-ring (bicyclic) bond motifs is 1. The molecule has 2 heterocycles. The van der Waals surface area contributed by atoms with Gasteiger partial charge in [-0.25, -0.2) is 4.79 Å². The second kappa shape index (κ2) is 6.96. The molecule has 1 aromatic rings. The summed E-state index contributed by atoms with van der Waals surface area (Å²) >= 11 is 0. The van der Waals surface area contributed by atoms with Gasteiger partial charge in [0.25, 0.3) is 0 Å². The van der Waals surface area contributed by atoms with E-state index in [1.807, 2.05) is 40.2 Å². The first-order valence-electron chi connectivity index (χ1n) is 9.10. The molecular weight excluding hydrogens is 320 g/mol. The number of alkyl carbamates (subject to hydrolysis) is 1. The van der Waals surface area contributed by atoms with Crippen LogP contribution in [0.2, 0.25) is 0 Å². The molecule has 7 heteroatoms. The van der Waals surface area contributed by atoms with Crippen LogP contribution in [0.3, 0.4) is 0 Å². The quantitative estimate of drug-likeness (QED) is 0.870. The highest BCUT2D eigenvalue weighted by molar-refractivity contribution is 5.68. The lowest BCUT2D eigenvalue weighted by Gasteiger charge is -2.54. The van der Waals surface area contributed by atoms with Crippen LogP contribution in [-0.2, 0) is 16.5 Å². The van der Waals surface area contributed by atoms with E-state index in [1.165, 1.54) is 0 Å². The Bertz CT molecular complexity index is 610. The molecule has 140 valence electrons. The third-order valence-electron chi connectivity index (χ3n) is 4.97. The smallest absolute Gasteiger partial charge is 0.407 e. The van der Waals surface area contributed by atoms with Gasteiger partial charge >= 0.3 is 6.09 Å². The molecule has 2 N–H and O–H groups in total. The molecule has 2 fully saturated rings. The molecule has 2 aliphatic rings. The van der Waals surface area contributed by atoms with Gasteiger partial charge in [-0.2, -0.15) is 5.10 Å². The second-order valence-electron chi connectivity index (χ2n) is 8.17. The van der Waals surface area contributed by atoms with E-state index in [0.717, 1.165) is 25.0 Å². The molecule has 0 spiro atoms. The Balaban J connectivity index is 1.65. The van der Waals surface area contributed by atoms with E-state index >= 15 is 0 Å². The summed E-state index contributed by atoms with van der Waals surface area (Å²) in [7, 11) is 1.91. The monoisotopic (exact) mass is 350 g/mol. The predicted molar refractivity (Wildman–Crippen MR) is 94.2 cm³/mol. The molecule has 1 saturated carbocycles. The highest BCUT2D eigenvalue weighted by Gasteiger charge is 2.53. The fraction of sp³-hybridized carbons (Fsp3) is 0.778. The Hall–Kier alpha value is -1.60. The molecule has 3 rings (SSSR count). The number of aromatic nitrogens is 2. The number of carbonyl (C=O) groups is 1. The molecule has 1 amide bonds. The average Bonchev–Trinajstić information content (AvgIpc) is 2.95. The lowest BCUT2D eigenvalue weighted by molar-refractivity contribution is -0.130. The molecule has 1 aliphatic heterocycles. The molecule has 0 bridgehead atoms. The molecule has 1 aromatic heterocycles. The minimum absolute atomic E-state index is 0.0271. The summed E-state index contributed by atoms with van der Waals surface area (Å²) in [6.07, 6.45) is 5.77. The van der Waals surface area contributed by atoms with E-state index in [2.05, 4.69) is 22.7 Å². The zero-order valence-electron chi connectivity index (χ0n) is 15.8. The SMILES string of the molecule is CC(NC1C(NC(=O)OC(C)(C)C)C2CCCOC21)c1cnn(C)c1. The van der Waals surface area contributed by atoms with Crippen LogP contribution in [0.1, 0.15) is 52.1 Å². The third kappa shape index (κ3) is 4.15. The average molecular weight is 350 g/mol. The van der Waals surface area contributed by atoms with Crippen molar-refractivity contribution in [3.63, 3.8) is 0 Å². The maximum atomic E-state index is 12.2. The van der Waals surface area contributed by atoms with Gasteiger partial charge in [0.2, 0.25) is 0 Å². The van der Waals surface area contributed by atoms with Crippen LogP contribution in [0.4, 0.5) is 4.79 Å². The lowest BCUT2D eigenvalue weighted by Crippen LogP contribution is -2.73. The van der Waals surface area contributed by atoms with Crippen LogP contribution in [0.5, 0.6) is 0 Å². The van der Waals surface area contributed by atoms with Gasteiger partial charge in [0.05, 0.1) is 24.4 Å². The summed E-state index contributed by atoms with van der Waals surface area (Å²) in [5.74, 6) is 0.347. The maximum Gasteiger partial charge on any atom is 0.407 e. The van der Waals surface area contributed by atoms with E-state index in [0.29, 0.717) is 5.92 Å². The van der Waals surface area contributed by atoms with E-state index < -0.39 is 5.60 Å². The van der Waals surface area contributed by atoms with Gasteiger partial charge in [-0.05, 0) is 40.5 Å². The van der Waals surface area contributed by atoms with Crippen LogP contribution in [0.15, 0.2) is 12.4 Å². The van der Waals surface area contributed by atoms with E-state index in [-0.39, 0.29) is 30.3 Å². The van der Waals surface area contributed by atoms with Gasteiger partial charge in [0.15, 0.2) is 0 Å². The number of carbonyl (C=O) groups excluding carboxylic acids is 1. The Morgan fingerprint density at radius 1 is 1.44 bits per heavy atom. The number of amides is 1. The fourth-order valence-electron chi connectivity index (χ4n) is 3.79. The predicted octanol–water partition coefficient (Wildman–Crippen LogP) is 2.14. The van der Waals surface area contributed by atoms with E-state index in [9.17, 15) is 4.79 Å².